The van der Waals surface area contributed by atoms with Crippen LogP contribution in [0.25, 0.3) is 0 Å². The van der Waals surface area contributed by atoms with Crippen LogP contribution in [-0.4, -0.2) is 68.5 Å². The molecule has 2 atom stereocenters. The number of anilines is 1. The minimum absolute atomic E-state index is 0.171. The van der Waals surface area contributed by atoms with Gasteiger partial charge in [0.05, 0.1) is 17.8 Å². The van der Waals surface area contributed by atoms with Crippen LogP contribution >= 0.6 is 0 Å². The lowest BCUT2D eigenvalue weighted by Crippen LogP contribution is -2.57. The summed E-state index contributed by atoms with van der Waals surface area (Å²) in [5.41, 5.74) is -0.248. The summed E-state index contributed by atoms with van der Waals surface area (Å²) in [7, 11) is -3.61. The van der Waals surface area contributed by atoms with Crippen LogP contribution < -0.4 is 4.90 Å². The van der Waals surface area contributed by atoms with Crippen molar-refractivity contribution < 1.29 is 26.3 Å². The van der Waals surface area contributed by atoms with Gasteiger partial charge >= 0.3 is 6.18 Å². The van der Waals surface area contributed by atoms with Gasteiger partial charge in [0.15, 0.2) is 0 Å². The Bertz CT molecular complexity index is 754. The van der Waals surface area contributed by atoms with Crippen LogP contribution in [0.2, 0.25) is 0 Å². The van der Waals surface area contributed by atoms with Crippen molar-refractivity contribution in [3.8, 4) is 0 Å². The van der Waals surface area contributed by atoms with E-state index in [0.717, 1.165) is 12.1 Å². The fourth-order valence-corrected chi connectivity index (χ4v) is 5.29. The van der Waals surface area contributed by atoms with Crippen LogP contribution in [0.1, 0.15) is 19.4 Å². The molecule has 0 amide bonds. The van der Waals surface area contributed by atoms with E-state index in [1.165, 1.54) is 14.7 Å². The predicted molar refractivity (Wildman–Crippen MR) is 95.7 cm³/mol. The molecular weight excluding hydrogens is 383 g/mol. The Balaban J connectivity index is 1.67. The highest BCUT2D eigenvalue weighted by Crippen LogP contribution is 2.32. The second-order valence-electron chi connectivity index (χ2n) is 7.02. The standard InChI is InChI=1S/C17H24F3N3O3S/c1-13-11-23(12-14(2)26-13)27(24,25)22-8-6-21(7-9-22)16-5-3-4-15(10-16)17(18,19)20/h3-5,10,13-14H,6-9,11-12H2,1-2H3/t13-,14-/m0/s1. The van der Waals surface area contributed by atoms with Gasteiger partial charge in [0.2, 0.25) is 0 Å². The molecule has 2 aliphatic rings. The fourth-order valence-electron chi connectivity index (χ4n) is 3.54. The average molecular weight is 407 g/mol. The molecule has 0 N–H and O–H groups in total. The smallest absolute Gasteiger partial charge is 0.373 e. The van der Waals surface area contributed by atoms with Crippen LogP contribution in [0.4, 0.5) is 18.9 Å². The SMILES string of the molecule is C[C@H]1CN(S(=O)(=O)N2CCN(c3cccc(C(F)(F)F)c3)CC2)C[C@H](C)O1. The van der Waals surface area contributed by atoms with E-state index in [4.69, 9.17) is 4.74 Å². The van der Waals surface area contributed by atoms with Gasteiger partial charge in [0.25, 0.3) is 10.2 Å². The highest BCUT2D eigenvalue weighted by Gasteiger charge is 2.37. The molecule has 2 heterocycles. The first kappa shape index (κ1) is 20.4. The van der Waals surface area contributed by atoms with Crippen molar-refractivity contribution in [1.82, 2.24) is 8.61 Å². The summed E-state index contributed by atoms with van der Waals surface area (Å²) >= 11 is 0. The number of rotatable bonds is 3. The summed E-state index contributed by atoms with van der Waals surface area (Å²) in [6, 6.07) is 5.13. The van der Waals surface area contributed by atoms with E-state index < -0.39 is 21.9 Å². The quantitative estimate of drug-likeness (QED) is 0.771. The third kappa shape index (κ3) is 4.56. The molecule has 6 nitrogen and oxygen atoms in total. The van der Waals surface area contributed by atoms with Gasteiger partial charge in [-0.3, -0.25) is 0 Å². The van der Waals surface area contributed by atoms with Gasteiger partial charge in [0.1, 0.15) is 0 Å². The number of hydrogen-bond donors (Lipinski definition) is 0. The topological polar surface area (TPSA) is 53.1 Å². The zero-order chi connectivity index (χ0) is 19.8. The van der Waals surface area contributed by atoms with Crippen molar-refractivity contribution >= 4 is 15.9 Å². The summed E-state index contributed by atoms with van der Waals surface area (Å²) in [6.45, 7) is 5.44. The highest BCUT2D eigenvalue weighted by molar-refractivity contribution is 7.86. The molecule has 0 spiro atoms. The molecule has 3 rings (SSSR count). The molecule has 1 aromatic rings. The van der Waals surface area contributed by atoms with E-state index in [1.54, 1.807) is 11.0 Å². The van der Waals surface area contributed by atoms with Gasteiger partial charge in [-0.25, -0.2) is 0 Å². The van der Waals surface area contributed by atoms with E-state index in [0.29, 0.717) is 31.9 Å². The lowest BCUT2D eigenvalue weighted by Gasteiger charge is -2.40. The number of benzene rings is 1. The number of morpholine rings is 1. The molecular formula is C17H24F3N3O3S. The number of alkyl halides is 3. The van der Waals surface area contributed by atoms with E-state index in [1.807, 2.05) is 13.8 Å². The predicted octanol–water partition coefficient (Wildman–Crippen LogP) is 2.18. The molecule has 2 fully saturated rings. The molecule has 0 aromatic heterocycles. The first-order valence-corrected chi connectivity index (χ1v) is 10.3. The number of halogens is 3. The maximum Gasteiger partial charge on any atom is 0.416 e. The average Bonchev–Trinajstić information content (AvgIpc) is 2.60. The molecule has 152 valence electrons. The molecule has 0 unspecified atom stereocenters. The van der Waals surface area contributed by atoms with Crippen molar-refractivity contribution in [1.29, 1.82) is 0 Å². The maximum absolute atomic E-state index is 12.9. The first-order valence-electron chi connectivity index (χ1n) is 8.90. The second-order valence-corrected chi connectivity index (χ2v) is 8.94. The van der Waals surface area contributed by atoms with Crippen molar-refractivity contribution in [2.24, 2.45) is 0 Å². The Morgan fingerprint density at radius 1 is 1.00 bits per heavy atom. The van der Waals surface area contributed by atoms with Crippen LogP contribution in [0.15, 0.2) is 24.3 Å². The summed E-state index contributed by atoms with van der Waals surface area (Å²) in [6.07, 6.45) is -4.74. The van der Waals surface area contributed by atoms with Crippen LogP contribution in [0.5, 0.6) is 0 Å². The van der Waals surface area contributed by atoms with Gasteiger partial charge in [-0.2, -0.15) is 30.2 Å². The Kier molecular flexibility index (Phi) is 5.72. The third-order valence-electron chi connectivity index (χ3n) is 4.82. The minimum atomic E-state index is -4.40. The molecule has 0 radical (unpaired) electrons. The highest BCUT2D eigenvalue weighted by atomic mass is 32.2. The molecule has 0 saturated carbocycles. The van der Waals surface area contributed by atoms with Gasteiger partial charge in [-0.15, -0.1) is 0 Å². The number of piperazine rings is 1. The van der Waals surface area contributed by atoms with E-state index >= 15 is 0 Å². The lowest BCUT2D eigenvalue weighted by molar-refractivity contribution is -0.137. The number of nitrogens with zero attached hydrogens (tertiary/aromatic N) is 3. The van der Waals surface area contributed by atoms with E-state index in [-0.39, 0.29) is 25.3 Å². The molecule has 0 bridgehead atoms. The Morgan fingerprint density at radius 2 is 1.59 bits per heavy atom. The Morgan fingerprint density at radius 3 is 2.15 bits per heavy atom. The van der Waals surface area contributed by atoms with Crippen molar-refractivity contribution in [2.75, 3.05) is 44.2 Å². The van der Waals surface area contributed by atoms with E-state index in [2.05, 4.69) is 0 Å². The summed E-state index contributed by atoms with van der Waals surface area (Å²) in [5.74, 6) is 0. The zero-order valence-corrected chi connectivity index (χ0v) is 16.1. The van der Waals surface area contributed by atoms with Crippen LogP contribution in [0, 0.1) is 0 Å². The largest absolute Gasteiger partial charge is 0.416 e. The second kappa shape index (κ2) is 7.57. The van der Waals surface area contributed by atoms with Crippen LogP contribution in [0.3, 0.4) is 0 Å². The van der Waals surface area contributed by atoms with E-state index in [9.17, 15) is 21.6 Å². The van der Waals surface area contributed by atoms with Gasteiger partial charge in [0, 0.05) is 45.0 Å². The lowest BCUT2D eigenvalue weighted by atomic mass is 10.1. The maximum atomic E-state index is 12.9. The van der Waals surface area contributed by atoms with Crippen molar-refractivity contribution in [3.63, 3.8) is 0 Å². The van der Waals surface area contributed by atoms with Crippen molar-refractivity contribution in [2.45, 2.75) is 32.2 Å². The molecule has 0 aliphatic carbocycles. The Labute approximate surface area is 157 Å². The monoisotopic (exact) mass is 407 g/mol. The van der Waals surface area contributed by atoms with Gasteiger partial charge in [-0.1, -0.05) is 6.07 Å². The molecule has 1 aromatic carbocycles. The molecule has 2 saturated heterocycles. The zero-order valence-electron chi connectivity index (χ0n) is 15.3. The van der Waals surface area contributed by atoms with Crippen LogP contribution in [-0.2, 0) is 21.1 Å². The number of hydrogen-bond acceptors (Lipinski definition) is 4. The molecule has 2 aliphatic heterocycles. The summed E-state index contributed by atoms with van der Waals surface area (Å²) < 4.78 is 72.9. The fraction of sp³-hybridized carbons (Fsp3) is 0.647. The first-order chi connectivity index (χ1) is 12.6. The third-order valence-corrected chi connectivity index (χ3v) is 6.78. The molecule has 27 heavy (non-hydrogen) atoms. The minimum Gasteiger partial charge on any atom is -0.373 e. The summed E-state index contributed by atoms with van der Waals surface area (Å²) in [5, 5.41) is 0. The van der Waals surface area contributed by atoms with Gasteiger partial charge in [-0.05, 0) is 32.0 Å². The van der Waals surface area contributed by atoms with Crippen molar-refractivity contribution in [3.05, 3.63) is 29.8 Å². The Hall–Kier alpha value is -1.36. The molecule has 10 heteroatoms. The van der Waals surface area contributed by atoms with Gasteiger partial charge < -0.3 is 9.64 Å². The normalized spacial score (nSPS) is 26.3. The summed E-state index contributed by atoms with van der Waals surface area (Å²) in [4.78, 5) is 1.78. The number of ether oxygens (including phenoxy) is 1.